The van der Waals surface area contributed by atoms with Gasteiger partial charge in [-0.2, -0.15) is 0 Å². The van der Waals surface area contributed by atoms with Crippen LogP contribution in [0.4, 0.5) is 4.39 Å². The smallest absolute Gasteiger partial charge is 0.130 e. The molecule has 0 radical (unpaired) electrons. The molecule has 0 spiro atoms. The molecule has 0 heterocycles. The van der Waals surface area contributed by atoms with E-state index in [4.69, 9.17) is 10.5 Å². The van der Waals surface area contributed by atoms with Crippen LogP contribution in [0.1, 0.15) is 30.5 Å². The predicted molar refractivity (Wildman–Crippen MR) is 82.1 cm³/mol. The molecular formula is C16H17BrFNO. The minimum Gasteiger partial charge on any atom is -0.488 e. The molecule has 0 saturated heterocycles. The molecule has 2 rings (SSSR count). The quantitative estimate of drug-likeness (QED) is 0.866. The number of benzene rings is 2. The maximum Gasteiger partial charge on any atom is 0.130 e. The van der Waals surface area contributed by atoms with Crippen LogP contribution < -0.4 is 10.5 Å². The van der Waals surface area contributed by atoms with Gasteiger partial charge in [-0.05, 0) is 24.6 Å². The summed E-state index contributed by atoms with van der Waals surface area (Å²) in [7, 11) is 0. The molecule has 2 aromatic carbocycles. The Hall–Kier alpha value is -1.39. The van der Waals surface area contributed by atoms with E-state index in [0.29, 0.717) is 15.8 Å². The van der Waals surface area contributed by atoms with E-state index < -0.39 is 0 Å². The molecule has 0 aromatic heterocycles. The molecule has 0 aliphatic rings. The summed E-state index contributed by atoms with van der Waals surface area (Å²) in [4.78, 5) is 0. The number of ether oxygens (including phenoxy) is 1. The summed E-state index contributed by atoms with van der Waals surface area (Å²) in [6.07, 6.45) is 0.826. The number of halogens is 2. The molecule has 2 aromatic rings. The number of hydrogen-bond acceptors (Lipinski definition) is 2. The third-order valence-electron chi connectivity index (χ3n) is 3.16. The molecule has 4 heteroatoms. The first kappa shape index (κ1) is 15.0. The van der Waals surface area contributed by atoms with Crippen LogP contribution in [0.15, 0.2) is 46.9 Å². The van der Waals surface area contributed by atoms with Crippen molar-refractivity contribution in [2.24, 2.45) is 5.73 Å². The standard InChI is InChI=1S/C16H17BrFNO/c1-2-15(19)13-5-3-4-6-16(13)20-10-11-7-8-12(17)9-14(11)18/h3-9,15H,2,10,19H2,1H3/t15-/m0/s1. The van der Waals surface area contributed by atoms with E-state index in [-0.39, 0.29) is 18.5 Å². The fourth-order valence-electron chi connectivity index (χ4n) is 1.93. The summed E-state index contributed by atoms with van der Waals surface area (Å²) >= 11 is 3.23. The lowest BCUT2D eigenvalue weighted by Crippen LogP contribution is -2.11. The van der Waals surface area contributed by atoms with E-state index >= 15 is 0 Å². The predicted octanol–water partition coefficient (Wildman–Crippen LogP) is 4.58. The summed E-state index contributed by atoms with van der Waals surface area (Å²) in [5, 5.41) is 0. The average Bonchev–Trinajstić information content (AvgIpc) is 2.46. The summed E-state index contributed by atoms with van der Waals surface area (Å²) in [6.45, 7) is 2.21. The van der Waals surface area contributed by atoms with Crippen molar-refractivity contribution in [2.45, 2.75) is 26.0 Å². The Balaban J connectivity index is 2.15. The summed E-state index contributed by atoms with van der Waals surface area (Å²) in [5.74, 6) is 0.431. The fraction of sp³-hybridized carbons (Fsp3) is 0.250. The molecule has 0 saturated carbocycles. The molecule has 1 atom stereocenters. The van der Waals surface area contributed by atoms with E-state index in [9.17, 15) is 4.39 Å². The van der Waals surface area contributed by atoms with Gasteiger partial charge < -0.3 is 10.5 Å². The molecule has 0 bridgehead atoms. The van der Waals surface area contributed by atoms with Gasteiger partial charge in [0.1, 0.15) is 18.2 Å². The van der Waals surface area contributed by atoms with Gasteiger partial charge in [-0.3, -0.25) is 0 Å². The van der Waals surface area contributed by atoms with E-state index in [0.717, 1.165) is 12.0 Å². The van der Waals surface area contributed by atoms with Crippen molar-refractivity contribution in [2.75, 3.05) is 0 Å². The second kappa shape index (κ2) is 6.86. The highest BCUT2D eigenvalue weighted by atomic mass is 79.9. The van der Waals surface area contributed by atoms with Crippen LogP contribution in [0.2, 0.25) is 0 Å². The number of para-hydroxylation sites is 1. The van der Waals surface area contributed by atoms with Crippen molar-refractivity contribution >= 4 is 15.9 Å². The lowest BCUT2D eigenvalue weighted by Gasteiger charge is -2.16. The van der Waals surface area contributed by atoms with Gasteiger partial charge in [0.15, 0.2) is 0 Å². The maximum atomic E-state index is 13.7. The second-order valence-corrected chi connectivity index (χ2v) is 5.49. The minimum atomic E-state index is -0.281. The van der Waals surface area contributed by atoms with Gasteiger partial charge in [0.25, 0.3) is 0 Å². The first-order chi connectivity index (χ1) is 9.61. The third kappa shape index (κ3) is 3.58. The van der Waals surface area contributed by atoms with Gasteiger partial charge in [0.2, 0.25) is 0 Å². The minimum absolute atomic E-state index is 0.0686. The molecule has 2 N–H and O–H groups in total. The maximum absolute atomic E-state index is 13.7. The molecule has 0 aliphatic carbocycles. The van der Waals surface area contributed by atoms with Crippen LogP contribution in [-0.2, 0) is 6.61 Å². The topological polar surface area (TPSA) is 35.2 Å². The average molecular weight is 338 g/mol. The second-order valence-electron chi connectivity index (χ2n) is 4.58. The van der Waals surface area contributed by atoms with Crippen LogP contribution in [0.25, 0.3) is 0 Å². The Morgan fingerprint density at radius 1 is 1.25 bits per heavy atom. The molecule has 0 fully saturated rings. The van der Waals surface area contributed by atoms with Crippen LogP contribution in [0.3, 0.4) is 0 Å². The van der Waals surface area contributed by atoms with Gasteiger partial charge in [0.05, 0.1) is 0 Å². The van der Waals surface area contributed by atoms with Crippen LogP contribution in [0.5, 0.6) is 5.75 Å². The lowest BCUT2D eigenvalue weighted by molar-refractivity contribution is 0.294. The number of hydrogen-bond donors (Lipinski definition) is 1. The molecule has 2 nitrogen and oxygen atoms in total. The van der Waals surface area contributed by atoms with E-state index in [1.54, 1.807) is 12.1 Å². The van der Waals surface area contributed by atoms with Crippen LogP contribution >= 0.6 is 15.9 Å². The van der Waals surface area contributed by atoms with E-state index in [1.807, 2.05) is 31.2 Å². The first-order valence-corrected chi connectivity index (χ1v) is 7.32. The Labute approximate surface area is 126 Å². The zero-order valence-corrected chi connectivity index (χ0v) is 12.9. The van der Waals surface area contributed by atoms with Gasteiger partial charge in [-0.1, -0.05) is 47.1 Å². The zero-order chi connectivity index (χ0) is 14.5. The Morgan fingerprint density at radius 2 is 2.00 bits per heavy atom. The molecular weight excluding hydrogens is 321 g/mol. The van der Waals surface area contributed by atoms with Gasteiger partial charge in [0, 0.05) is 21.6 Å². The SMILES string of the molecule is CC[C@H](N)c1ccccc1OCc1ccc(Br)cc1F. The normalized spacial score (nSPS) is 12.2. The largest absolute Gasteiger partial charge is 0.488 e. The van der Waals surface area contributed by atoms with Gasteiger partial charge >= 0.3 is 0 Å². The van der Waals surface area contributed by atoms with Crippen molar-refractivity contribution in [1.82, 2.24) is 0 Å². The summed E-state index contributed by atoms with van der Waals surface area (Å²) in [5.41, 5.74) is 7.53. The van der Waals surface area contributed by atoms with Gasteiger partial charge in [-0.15, -0.1) is 0 Å². The van der Waals surface area contributed by atoms with Crippen molar-refractivity contribution in [3.05, 3.63) is 63.9 Å². The van der Waals surface area contributed by atoms with Crippen LogP contribution in [0, 0.1) is 5.82 Å². The lowest BCUT2D eigenvalue weighted by atomic mass is 10.0. The van der Waals surface area contributed by atoms with Crippen molar-refractivity contribution < 1.29 is 9.13 Å². The van der Waals surface area contributed by atoms with Crippen LogP contribution in [-0.4, -0.2) is 0 Å². The highest BCUT2D eigenvalue weighted by Crippen LogP contribution is 2.26. The molecule has 0 amide bonds. The van der Waals surface area contributed by atoms with Crippen molar-refractivity contribution in [3.8, 4) is 5.75 Å². The highest BCUT2D eigenvalue weighted by molar-refractivity contribution is 9.10. The molecule has 106 valence electrons. The number of nitrogens with two attached hydrogens (primary N) is 1. The summed E-state index contributed by atoms with van der Waals surface area (Å²) in [6, 6.07) is 12.5. The fourth-order valence-corrected chi connectivity index (χ4v) is 2.27. The Bertz CT molecular complexity index is 588. The summed E-state index contributed by atoms with van der Waals surface area (Å²) < 4.78 is 20.2. The molecule has 0 aliphatic heterocycles. The van der Waals surface area contributed by atoms with E-state index in [1.165, 1.54) is 6.07 Å². The highest BCUT2D eigenvalue weighted by Gasteiger charge is 2.11. The van der Waals surface area contributed by atoms with Crippen molar-refractivity contribution in [1.29, 1.82) is 0 Å². The van der Waals surface area contributed by atoms with Crippen molar-refractivity contribution in [3.63, 3.8) is 0 Å². The monoisotopic (exact) mass is 337 g/mol. The zero-order valence-electron chi connectivity index (χ0n) is 11.3. The molecule has 20 heavy (non-hydrogen) atoms. The Kier molecular flexibility index (Phi) is 5.15. The number of rotatable bonds is 5. The first-order valence-electron chi connectivity index (χ1n) is 6.53. The Morgan fingerprint density at radius 3 is 2.70 bits per heavy atom. The van der Waals surface area contributed by atoms with Gasteiger partial charge in [-0.25, -0.2) is 4.39 Å². The van der Waals surface area contributed by atoms with E-state index in [2.05, 4.69) is 15.9 Å². The molecule has 0 unspecified atom stereocenters. The third-order valence-corrected chi connectivity index (χ3v) is 3.65.